The van der Waals surface area contributed by atoms with Crippen LogP contribution in [0.25, 0.3) is 0 Å². The highest BCUT2D eigenvalue weighted by molar-refractivity contribution is 7.99. The van der Waals surface area contributed by atoms with E-state index >= 15 is 0 Å². The number of thioether (sulfide) groups is 1. The number of carbonyl (C=O) groups excluding carboxylic acids is 1. The van der Waals surface area contributed by atoms with E-state index in [2.05, 4.69) is 23.4 Å². The molecule has 1 aromatic rings. The summed E-state index contributed by atoms with van der Waals surface area (Å²) in [7, 11) is 0. The maximum atomic E-state index is 12.1. The van der Waals surface area contributed by atoms with Crippen LogP contribution in [0.15, 0.2) is 30.3 Å². The quantitative estimate of drug-likeness (QED) is 0.826. The van der Waals surface area contributed by atoms with E-state index in [-0.39, 0.29) is 18.6 Å². The molecule has 1 fully saturated rings. The van der Waals surface area contributed by atoms with Gasteiger partial charge in [-0.2, -0.15) is 11.8 Å². The van der Waals surface area contributed by atoms with E-state index in [0.29, 0.717) is 0 Å². The van der Waals surface area contributed by atoms with Crippen molar-refractivity contribution in [2.24, 2.45) is 0 Å². The normalized spacial score (nSPS) is 19.1. The van der Waals surface area contributed by atoms with Gasteiger partial charge in [0.15, 0.2) is 0 Å². The smallest absolute Gasteiger partial charge is 0.318 e. The van der Waals surface area contributed by atoms with E-state index in [1.165, 1.54) is 5.56 Å². The first kappa shape index (κ1) is 12.8. The lowest BCUT2D eigenvalue weighted by molar-refractivity contribution is 0.184. The van der Waals surface area contributed by atoms with Gasteiger partial charge in [0.1, 0.15) is 0 Å². The van der Waals surface area contributed by atoms with Gasteiger partial charge in [0.25, 0.3) is 0 Å². The Bertz CT molecular complexity index is 441. The minimum absolute atomic E-state index is 0.0675. The fourth-order valence-electron chi connectivity index (χ4n) is 2.03. The minimum atomic E-state index is -0.0675. The van der Waals surface area contributed by atoms with Crippen molar-refractivity contribution in [1.82, 2.24) is 10.2 Å². The highest BCUT2D eigenvalue weighted by Crippen LogP contribution is 2.29. The monoisotopic (exact) mass is 260 g/mol. The Morgan fingerprint density at radius 2 is 2.28 bits per heavy atom. The zero-order valence-corrected chi connectivity index (χ0v) is 11.0. The number of terminal acetylenes is 1. The summed E-state index contributed by atoms with van der Waals surface area (Å²) >= 11 is 1.88. The Balaban J connectivity index is 2.11. The summed E-state index contributed by atoms with van der Waals surface area (Å²) in [6.07, 6.45) is 5.16. The number of hydrogen-bond donors (Lipinski definition) is 1. The molecule has 2 amide bonds. The lowest BCUT2D eigenvalue weighted by Crippen LogP contribution is -2.46. The second-order valence-corrected chi connectivity index (χ2v) is 5.21. The Morgan fingerprint density at radius 3 is 3.00 bits per heavy atom. The third-order valence-corrected chi connectivity index (χ3v) is 3.94. The molecule has 0 radical (unpaired) electrons. The number of rotatable bonds is 2. The van der Waals surface area contributed by atoms with Gasteiger partial charge in [-0.1, -0.05) is 36.3 Å². The SMILES string of the molecule is C#CCNC(=O)N1CCSCC1c1ccccc1. The van der Waals surface area contributed by atoms with Crippen LogP contribution in [-0.2, 0) is 0 Å². The number of amides is 2. The Morgan fingerprint density at radius 1 is 1.50 bits per heavy atom. The predicted molar refractivity (Wildman–Crippen MR) is 75.4 cm³/mol. The molecule has 0 saturated carbocycles. The molecule has 1 unspecified atom stereocenters. The predicted octanol–water partition coefficient (Wildman–Crippen LogP) is 2.12. The van der Waals surface area contributed by atoms with Crippen molar-refractivity contribution >= 4 is 17.8 Å². The number of urea groups is 1. The first-order valence-corrected chi connectivity index (χ1v) is 7.09. The van der Waals surface area contributed by atoms with E-state index in [0.717, 1.165) is 18.1 Å². The van der Waals surface area contributed by atoms with E-state index in [9.17, 15) is 4.79 Å². The van der Waals surface area contributed by atoms with Crippen LogP contribution in [0, 0.1) is 12.3 Å². The number of nitrogens with zero attached hydrogens (tertiary/aromatic N) is 1. The third kappa shape index (κ3) is 2.99. The van der Waals surface area contributed by atoms with Crippen LogP contribution in [0.2, 0.25) is 0 Å². The van der Waals surface area contributed by atoms with Gasteiger partial charge in [0.05, 0.1) is 12.6 Å². The van der Waals surface area contributed by atoms with Crippen molar-refractivity contribution in [3.63, 3.8) is 0 Å². The van der Waals surface area contributed by atoms with Crippen LogP contribution >= 0.6 is 11.8 Å². The van der Waals surface area contributed by atoms with Gasteiger partial charge >= 0.3 is 6.03 Å². The largest absolute Gasteiger partial charge is 0.327 e. The highest BCUT2D eigenvalue weighted by Gasteiger charge is 2.27. The van der Waals surface area contributed by atoms with Crippen LogP contribution in [0.3, 0.4) is 0 Å². The fraction of sp³-hybridized carbons (Fsp3) is 0.357. The molecule has 4 heteroatoms. The molecule has 0 aromatic heterocycles. The summed E-state index contributed by atoms with van der Waals surface area (Å²) in [6, 6.07) is 10.2. The minimum Gasteiger partial charge on any atom is -0.327 e. The van der Waals surface area contributed by atoms with E-state index in [4.69, 9.17) is 6.42 Å². The van der Waals surface area contributed by atoms with Gasteiger partial charge in [0.2, 0.25) is 0 Å². The van der Waals surface area contributed by atoms with Crippen LogP contribution in [-0.4, -0.2) is 35.5 Å². The Labute approximate surface area is 112 Å². The topological polar surface area (TPSA) is 32.3 Å². The molecule has 1 saturated heterocycles. The second kappa shape index (κ2) is 6.36. The van der Waals surface area contributed by atoms with Crippen LogP contribution in [0.5, 0.6) is 0 Å². The lowest BCUT2D eigenvalue weighted by Gasteiger charge is -2.35. The number of benzene rings is 1. The first-order chi connectivity index (χ1) is 8.83. The van der Waals surface area contributed by atoms with Crippen LogP contribution < -0.4 is 5.32 Å². The standard InChI is InChI=1S/C14H16N2OS/c1-2-8-15-14(17)16-9-10-18-11-13(16)12-6-4-3-5-7-12/h1,3-7,13H,8-11H2,(H,15,17). The van der Waals surface area contributed by atoms with Gasteiger partial charge in [-0.05, 0) is 5.56 Å². The molecule has 1 atom stereocenters. The molecule has 18 heavy (non-hydrogen) atoms. The third-order valence-electron chi connectivity index (χ3n) is 2.92. The summed E-state index contributed by atoms with van der Waals surface area (Å²) in [5, 5.41) is 2.74. The maximum Gasteiger partial charge on any atom is 0.318 e. The first-order valence-electron chi connectivity index (χ1n) is 5.93. The molecule has 3 nitrogen and oxygen atoms in total. The number of hydrogen-bond acceptors (Lipinski definition) is 2. The molecule has 1 aliphatic rings. The molecule has 1 heterocycles. The van der Waals surface area contributed by atoms with E-state index < -0.39 is 0 Å². The molecule has 0 spiro atoms. The zero-order valence-electron chi connectivity index (χ0n) is 10.1. The van der Waals surface area contributed by atoms with Gasteiger partial charge in [-0.3, -0.25) is 0 Å². The molecule has 2 rings (SSSR count). The van der Waals surface area contributed by atoms with Gasteiger partial charge in [-0.25, -0.2) is 4.79 Å². The maximum absolute atomic E-state index is 12.1. The molecule has 0 aliphatic carbocycles. The van der Waals surface area contributed by atoms with Crippen molar-refractivity contribution in [2.45, 2.75) is 6.04 Å². The molecule has 0 bridgehead atoms. The summed E-state index contributed by atoms with van der Waals surface area (Å²) < 4.78 is 0. The molecular weight excluding hydrogens is 244 g/mol. The average molecular weight is 260 g/mol. The van der Waals surface area contributed by atoms with Crippen molar-refractivity contribution in [3.05, 3.63) is 35.9 Å². The van der Waals surface area contributed by atoms with Gasteiger partial charge in [-0.15, -0.1) is 6.42 Å². The molecular formula is C14H16N2OS. The average Bonchev–Trinajstić information content (AvgIpc) is 2.45. The van der Waals surface area contributed by atoms with Crippen molar-refractivity contribution < 1.29 is 4.79 Å². The molecule has 1 N–H and O–H groups in total. The Kier molecular flexibility index (Phi) is 4.54. The zero-order chi connectivity index (χ0) is 12.8. The summed E-state index contributed by atoms with van der Waals surface area (Å²) in [5.41, 5.74) is 1.18. The fourth-order valence-corrected chi connectivity index (χ4v) is 3.11. The van der Waals surface area contributed by atoms with Crippen LogP contribution in [0.1, 0.15) is 11.6 Å². The summed E-state index contributed by atoms with van der Waals surface area (Å²) in [6.45, 7) is 1.05. The van der Waals surface area contributed by atoms with Crippen LogP contribution in [0.4, 0.5) is 4.79 Å². The lowest BCUT2D eigenvalue weighted by atomic mass is 10.1. The van der Waals surface area contributed by atoms with E-state index in [1.807, 2.05) is 34.9 Å². The summed E-state index contributed by atoms with van der Waals surface area (Å²) in [5.74, 6) is 4.35. The second-order valence-electron chi connectivity index (χ2n) is 4.06. The van der Waals surface area contributed by atoms with Crippen molar-refractivity contribution in [1.29, 1.82) is 0 Å². The molecule has 94 valence electrons. The van der Waals surface area contributed by atoms with Crippen molar-refractivity contribution in [3.8, 4) is 12.3 Å². The molecule has 1 aliphatic heterocycles. The highest BCUT2D eigenvalue weighted by atomic mass is 32.2. The Hall–Kier alpha value is -1.60. The van der Waals surface area contributed by atoms with E-state index in [1.54, 1.807) is 0 Å². The number of carbonyl (C=O) groups is 1. The van der Waals surface area contributed by atoms with Gasteiger partial charge < -0.3 is 10.2 Å². The number of nitrogens with one attached hydrogen (secondary N) is 1. The molecule has 1 aromatic carbocycles. The summed E-state index contributed by atoms with van der Waals surface area (Å²) in [4.78, 5) is 13.9. The van der Waals surface area contributed by atoms with Gasteiger partial charge in [0, 0.05) is 18.1 Å². The van der Waals surface area contributed by atoms with Crippen molar-refractivity contribution in [2.75, 3.05) is 24.6 Å².